The molecule has 3 heterocycles. The van der Waals surface area contributed by atoms with E-state index in [2.05, 4.69) is 146 Å². The molecule has 234 valence electrons. The quantitative estimate of drug-likeness (QED) is 0.176. The molecule has 0 N–H and O–H groups in total. The third-order valence-corrected chi connectivity index (χ3v) is 11.6. The van der Waals surface area contributed by atoms with Crippen LogP contribution in [-0.4, -0.2) is 0 Å². The monoisotopic (exact) mass is 656 g/mol. The van der Waals surface area contributed by atoms with Crippen molar-refractivity contribution in [3.05, 3.63) is 180 Å². The highest BCUT2D eigenvalue weighted by molar-refractivity contribution is 7.25. The highest BCUT2D eigenvalue weighted by Crippen LogP contribution is 2.43. The summed E-state index contributed by atoms with van der Waals surface area (Å²) in [6.45, 7) is 0. The van der Waals surface area contributed by atoms with E-state index in [1.165, 1.54) is 53.4 Å². The SMILES string of the molecule is c1ccc2c(c1)oc1cc(C(c3ccc(-c4cc5c6ccccc6oc5c5ccccc45)cc3)c3ccc4sc5ccccc5c4c3)ccc12. The molecule has 50 heavy (non-hydrogen) atoms. The van der Waals surface area contributed by atoms with E-state index in [4.69, 9.17) is 8.83 Å². The third kappa shape index (κ3) is 4.14. The zero-order valence-corrected chi connectivity index (χ0v) is 27.7. The fraction of sp³-hybridized carbons (Fsp3) is 0.0213. The number of benzene rings is 8. The fourth-order valence-electron chi connectivity index (χ4n) is 8.06. The predicted molar refractivity (Wildman–Crippen MR) is 211 cm³/mol. The van der Waals surface area contributed by atoms with Crippen molar-refractivity contribution >= 4 is 86.2 Å². The van der Waals surface area contributed by atoms with Crippen LogP contribution >= 0.6 is 11.3 Å². The highest BCUT2D eigenvalue weighted by atomic mass is 32.1. The molecule has 0 radical (unpaired) electrons. The average Bonchev–Trinajstić information content (AvgIpc) is 3.86. The molecule has 0 spiro atoms. The summed E-state index contributed by atoms with van der Waals surface area (Å²) in [7, 11) is 0. The van der Waals surface area contributed by atoms with Gasteiger partial charge in [0.15, 0.2) is 0 Å². The molecule has 0 fully saturated rings. The summed E-state index contributed by atoms with van der Waals surface area (Å²) in [6.07, 6.45) is 0. The molecule has 11 aromatic rings. The van der Waals surface area contributed by atoms with Crippen molar-refractivity contribution in [3.63, 3.8) is 0 Å². The predicted octanol–water partition coefficient (Wildman–Crippen LogP) is 13.9. The number of rotatable bonds is 4. The van der Waals surface area contributed by atoms with E-state index in [9.17, 15) is 0 Å². The van der Waals surface area contributed by atoms with Crippen LogP contribution in [0.1, 0.15) is 22.6 Å². The van der Waals surface area contributed by atoms with E-state index in [1.54, 1.807) is 0 Å². The first kappa shape index (κ1) is 27.8. The molecule has 0 aliphatic rings. The van der Waals surface area contributed by atoms with Crippen LogP contribution in [0.15, 0.2) is 173 Å². The molecular weight excluding hydrogens is 629 g/mol. The van der Waals surface area contributed by atoms with Gasteiger partial charge in [-0.05, 0) is 75.7 Å². The van der Waals surface area contributed by atoms with Gasteiger partial charge >= 0.3 is 0 Å². The Morgan fingerprint density at radius 1 is 0.360 bits per heavy atom. The first-order valence-corrected chi connectivity index (χ1v) is 17.8. The van der Waals surface area contributed by atoms with E-state index in [0.717, 1.165) is 49.3 Å². The van der Waals surface area contributed by atoms with Crippen molar-refractivity contribution < 1.29 is 8.83 Å². The number of thiophene rings is 1. The molecule has 8 aromatic carbocycles. The van der Waals surface area contributed by atoms with Crippen LogP contribution in [0.2, 0.25) is 0 Å². The summed E-state index contributed by atoms with van der Waals surface area (Å²) < 4.78 is 15.4. The molecule has 11 rings (SSSR count). The van der Waals surface area contributed by atoms with E-state index in [0.29, 0.717) is 0 Å². The lowest BCUT2D eigenvalue weighted by molar-refractivity contribution is 0.668. The molecule has 3 heteroatoms. The number of fused-ring (bicyclic) bond motifs is 11. The number of hydrogen-bond acceptors (Lipinski definition) is 3. The Labute approximate surface area is 291 Å². The maximum Gasteiger partial charge on any atom is 0.143 e. The minimum absolute atomic E-state index is 0.0155. The van der Waals surface area contributed by atoms with Gasteiger partial charge in [0.1, 0.15) is 22.3 Å². The summed E-state index contributed by atoms with van der Waals surface area (Å²) in [4.78, 5) is 0. The second-order valence-corrected chi connectivity index (χ2v) is 14.3. The summed E-state index contributed by atoms with van der Waals surface area (Å²) in [5, 5.41) is 9.52. The van der Waals surface area contributed by atoms with E-state index < -0.39 is 0 Å². The van der Waals surface area contributed by atoms with Crippen molar-refractivity contribution in [2.24, 2.45) is 0 Å². The number of hydrogen-bond donors (Lipinski definition) is 0. The minimum atomic E-state index is 0.0155. The Morgan fingerprint density at radius 3 is 1.76 bits per heavy atom. The zero-order chi connectivity index (χ0) is 32.8. The molecule has 0 aliphatic carbocycles. The Morgan fingerprint density at radius 2 is 0.940 bits per heavy atom. The summed E-state index contributed by atoms with van der Waals surface area (Å²) in [5.74, 6) is 0.0155. The Bertz CT molecular complexity index is 3100. The van der Waals surface area contributed by atoms with E-state index in [1.807, 2.05) is 29.5 Å². The lowest BCUT2D eigenvalue weighted by Crippen LogP contribution is -2.03. The molecule has 0 saturated carbocycles. The summed E-state index contributed by atoms with van der Waals surface area (Å²) in [6, 6.07) is 59.2. The van der Waals surface area contributed by atoms with Crippen LogP contribution in [-0.2, 0) is 0 Å². The summed E-state index contributed by atoms with van der Waals surface area (Å²) >= 11 is 1.86. The smallest absolute Gasteiger partial charge is 0.143 e. The van der Waals surface area contributed by atoms with Crippen molar-refractivity contribution in [2.75, 3.05) is 0 Å². The second kappa shape index (κ2) is 10.7. The molecule has 1 atom stereocenters. The Kier molecular flexibility index (Phi) is 5.92. The molecule has 1 unspecified atom stereocenters. The lowest BCUT2D eigenvalue weighted by atomic mass is 9.83. The average molecular weight is 657 g/mol. The standard InChI is InChI=1S/C47H28O2S/c1-2-13-37-32(9-1)38(27-40-34-11-4-7-15-42(34)49-47(37)40)28-17-19-29(20-18-28)46(30-22-24-45-39(25-30)36-12-5-8-16-44(36)50-45)31-21-23-35-33-10-3-6-14-41(33)48-43(35)26-31/h1-27,46H. The first-order chi connectivity index (χ1) is 24.8. The van der Waals surface area contributed by atoms with Gasteiger partial charge in [-0.3, -0.25) is 0 Å². The lowest BCUT2D eigenvalue weighted by Gasteiger charge is -2.20. The van der Waals surface area contributed by atoms with E-state index >= 15 is 0 Å². The second-order valence-electron chi connectivity index (χ2n) is 13.2. The maximum atomic E-state index is 6.40. The molecule has 3 aromatic heterocycles. The van der Waals surface area contributed by atoms with E-state index in [-0.39, 0.29) is 5.92 Å². The van der Waals surface area contributed by atoms with Crippen LogP contribution < -0.4 is 0 Å². The fourth-order valence-corrected chi connectivity index (χ4v) is 9.15. The van der Waals surface area contributed by atoms with Gasteiger partial charge in [-0.15, -0.1) is 11.3 Å². The molecule has 0 bridgehead atoms. The normalized spacial score (nSPS) is 12.7. The van der Waals surface area contributed by atoms with Gasteiger partial charge in [0, 0.05) is 53.0 Å². The Hall–Kier alpha value is -6.16. The maximum absolute atomic E-state index is 6.40. The van der Waals surface area contributed by atoms with Gasteiger partial charge < -0.3 is 8.83 Å². The van der Waals surface area contributed by atoms with Crippen LogP contribution in [0.5, 0.6) is 0 Å². The van der Waals surface area contributed by atoms with Crippen LogP contribution in [0.4, 0.5) is 0 Å². The van der Waals surface area contributed by atoms with Gasteiger partial charge in [0.05, 0.1) is 0 Å². The van der Waals surface area contributed by atoms with Crippen LogP contribution in [0, 0.1) is 0 Å². The molecule has 2 nitrogen and oxygen atoms in total. The minimum Gasteiger partial charge on any atom is -0.456 e. The van der Waals surface area contributed by atoms with Gasteiger partial charge in [-0.1, -0.05) is 121 Å². The number of furan rings is 2. The topological polar surface area (TPSA) is 26.3 Å². The van der Waals surface area contributed by atoms with Crippen LogP contribution in [0.25, 0.3) is 85.9 Å². The third-order valence-electron chi connectivity index (χ3n) is 10.4. The van der Waals surface area contributed by atoms with Gasteiger partial charge in [0.2, 0.25) is 0 Å². The van der Waals surface area contributed by atoms with Crippen molar-refractivity contribution in [2.45, 2.75) is 5.92 Å². The highest BCUT2D eigenvalue weighted by Gasteiger charge is 2.21. The van der Waals surface area contributed by atoms with Gasteiger partial charge in [-0.2, -0.15) is 0 Å². The molecule has 0 amide bonds. The molecular formula is C47H28O2S. The van der Waals surface area contributed by atoms with Gasteiger partial charge in [-0.25, -0.2) is 0 Å². The Balaban J connectivity index is 1.10. The largest absolute Gasteiger partial charge is 0.456 e. The van der Waals surface area contributed by atoms with Crippen LogP contribution in [0.3, 0.4) is 0 Å². The van der Waals surface area contributed by atoms with Crippen molar-refractivity contribution in [3.8, 4) is 11.1 Å². The summed E-state index contributed by atoms with van der Waals surface area (Å²) in [5.41, 5.74) is 9.80. The van der Waals surface area contributed by atoms with Gasteiger partial charge in [0.25, 0.3) is 0 Å². The number of para-hydroxylation sites is 2. The zero-order valence-electron chi connectivity index (χ0n) is 26.9. The molecule has 0 saturated heterocycles. The van der Waals surface area contributed by atoms with Crippen molar-refractivity contribution in [1.82, 2.24) is 0 Å². The molecule has 0 aliphatic heterocycles. The van der Waals surface area contributed by atoms with Crippen molar-refractivity contribution in [1.29, 1.82) is 0 Å². The first-order valence-electron chi connectivity index (χ1n) is 17.0.